The van der Waals surface area contributed by atoms with Crippen molar-refractivity contribution in [2.24, 2.45) is 5.73 Å². The van der Waals surface area contributed by atoms with Gasteiger partial charge in [-0.2, -0.15) is 0 Å². The van der Waals surface area contributed by atoms with Crippen molar-refractivity contribution in [3.63, 3.8) is 0 Å². The lowest BCUT2D eigenvalue weighted by molar-refractivity contribution is 0.401. The van der Waals surface area contributed by atoms with E-state index < -0.39 is 0 Å². The second-order valence-corrected chi connectivity index (χ2v) is 5.93. The zero-order valence-electron chi connectivity index (χ0n) is 12.4. The Morgan fingerprint density at radius 1 is 1.16 bits per heavy atom. The Hall–Kier alpha value is -0.860. The minimum atomic E-state index is 0.308. The molecule has 1 saturated carbocycles. The lowest BCUT2D eigenvalue weighted by Crippen LogP contribution is -2.36. The molecule has 1 aliphatic carbocycles. The van der Waals surface area contributed by atoms with Crippen molar-refractivity contribution in [3.8, 4) is 0 Å². The molecule has 0 spiro atoms. The van der Waals surface area contributed by atoms with Gasteiger partial charge in [0.05, 0.1) is 0 Å². The largest absolute Gasteiger partial charge is 0.329 e. The van der Waals surface area contributed by atoms with Crippen molar-refractivity contribution >= 4 is 0 Å². The number of nitrogens with two attached hydrogens (primary N) is 1. The Morgan fingerprint density at radius 3 is 2.47 bits per heavy atom. The molecular formula is C17H28N2. The molecule has 2 rings (SSSR count). The molecule has 3 N–H and O–H groups in total. The Labute approximate surface area is 117 Å². The number of hydrogen-bond donors (Lipinski definition) is 2. The first-order chi connectivity index (χ1) is 9.22. The molecule has 1 aliphatic rings. The van der Waals surface area contributed by atoms with E-state index in [4.69, 9.17) is 5.73 Å². The molecule has 1 aromatic carbocycles. The summed E-state index contributed by atoms with van der Waals surface area (Å²) in [7, 11) is 0. The molecule has 0 amide bonds. The predicted molar refractivity (Wildman–Crippen MR) is 82.3 cm³/mol. The average molecular weight is 260 g/mol. The van der Waals surface area contributed by atoms with Crippen molar-refractivity contribution in [3.05, 3.63) is 34.9 Å². The Balaban J connectivity index is 2.08. The third-order valence-electron chi connectivity index (χ3n) is 4.55. The van der Waals surface area contributed by atoms with Gasteiger partial charge in [0.2, 0.25) is 0 Å². The second kappa shape index (κ2) is 7.06. The SMILES string of the molecule is Cc1cccc(C(CN)NC2CCCCCC2)c1C. The topological polar surface area (TPSA) is 38.0 Å². The predicted octanol–water partition coefficient (Wildman–Crippen LogP) is 3.62. The van der Waals surface area contributed by atoms with Crippen molar-refractivity contribution < 1.29 is 0 Å². The van der Waals surface area contributed by atoms with Crippen LogP contribution in [-0.2, 0) is 0 Å². The van der Waals surface area contributed by atoms with E-state index in [1.807, 2.05) is 0 Å². The number of hydrogen-bond acceptors (Lipinski definition) is 2. The first kappa shape index (κ1) is 14.5. The maximum atomic E-state index is 6.02. The molecule has 1 aromatic rings. The van der Waals surface area contributed by atoms with Gasteiger partial charge < -0.3 is 11.1 Å². The van der Waals surface area contributed by atoms with E-state index in [1.54, 1.807) is 0 Å². The fourth-order valence-corrected chi connectivity index (χ4v) is 3.17. The summed E-state index contributed by atoms with van der Waals surface area (Å²) >= 11 is 0. The lowest BCUT2D eigenvalue weighted by Gasteiger charge is -2.26. The molecule has 0 bridgehead atoms. The van der Waals surface area contributed by atoms with Crippen molar-refractivity contribution in [2.45, 2.75) is 64.5 Å². The van der Waals surface area contributed by atoms with Gasteiger partial charge in [0.25, 0.3) is 0 Å². The van der Waals surface area contributed by atoms with E-state index in [-0.39, 0.29) is 0 Å². The molecule has 1 atom stereocenters. The molecule has 1 fully saturated rings. The Kier molecular flexibility index (Phi) is 5.41. The van der Waals surface area contributed by atoms with Crippen LogP contribution in [0, 0.1) is 13.8 Å². The highest BCUT2D eigenvalue weighted by atomic mass is 15.0. The zero-order valence-corrected chi connectivity index (χ0v) is 12.4. The maximum Gasteiger partial charge on any atom is 0.0449 e. The summed E-state index contributed by atoms with van der Waals surface area (Å²) in [5.74, 6) is 0. The highest BCUT2D eigenvalue weighted by molar-refractivity contribution is 5.35. The Bertz CT molecular complexity index is 392. The normalized spacial score (nSPS) is 19.1. The maximum absolute atomic E-state index is 6.02. The van der Waals surface area contributed by atoms with Crippen molar-refractivity contribution in [1.29, 1.82) is 0 Å². The van der Waals surface area contributed by atoms with Crippen LogP contribution in [-0.4, -0.2) is 12.6 Å². The molecular weight excluding hydrogens is 232 g/mol. The summed E-state index contributed by atoms with van der Waals surface area (Å²) < 4.78 is 0. The van der Waals surface area contributed by atoms with E-state index in [0.717, 1.165) is 0 Å². The summed E-state index contributed by atoms with van der Waals surface area (Å²) in [6.07, 6.45) is 8.14. The van der Waals surface area contributed by atoms with Crippen LogP contribution in [0.2, 0.25) is 0 Å². The van der Waals surface area contributed by atoms with Gasteiger partial charge in [0, 0.05) is 18.6 Å². The molecule has 2 heteroatoms. The number of rotatable bonds is 4. The molecule has 0 heterocycles. The molecule has 19 heavy (non-hydrogen) atoms. The monoisotopic (exact) mass is 260 g/mol. The minimum Gasteiger partial charge on any atom is -0.329 e. The standard InChI is InChI=1S/C17H28N2/c1-13-8-7-11-16(14(13)2)17(12-18)19-15-9-5-3-4-6-10-15/h7-8,11,15,17,19H,3-6,9-10,12,18H2,1-2H3. The fraction of sp³-hybridized carbons (Fsp3) is 0.647. The van der Waals surface area contributed by atoms with Gasteiger partial charge in [-0.25, -0.2) is 0 Å². The first-order valence-corrected chi connectivity index (χ1v) is 7.74. The molecule has 0 radical (unpaired) electrons. The van der Waals surface area contributed by atoms with Crippen LogP contribution in [0.5, 0.6) is 0 Å². The molecule has 0 aromatic heterocycles. The molecule has 2 nitrogen and oxygen atoms in total. The van der Waals surface area contributed by atoms with E-state index in [2.05, 4.69) is 37.4 Å². The fourth-order valence-electron chi connectivity index (χ4n) is 3.17. The summed E-state index contributed by atoms with van der Waals surface area (Å²) in [5.41, 5.74) is 10.1. The third kappa shape index (κ3) is 3.80. The smallest absolute Gasteiger partial charge is 0.0449 e. The van der Waals surface area contributed by atoms with Crippen molar-refractivity contribution in [2.75, 3.05) is 6.54 Å². The van der Waals surface area contributed by atoms with E-state index in [0.29, 0.717) is 18.6 Å². The van der Waals surface area contributed by atoms with Gasteiger partial charge in [-0.05, 0) is 43.4 Å². The van der Waals surface area contributed by atoms with Crippen LogP contribution in [0.25, 0.3) is 0 Å². The van der Waals surface area contributed by atoms with Crippen LogP contribution in [0.4, 0.5) is 0 Å². The van der Waals surface area contributed by atoms with Gasteiger partial charge in [-0.15, -0.1) is 0 Å². The van der Waals surface area contributed by atoms with E-state index in [9.17, 15) is 0 Å². The summed E-state index contributed by atoms with van der Waals surface area (Å²) in [6, 6.07) is 7.51. The number of benzene rings is 1. The second-order valence-electron chi connectivity index (χ2n) is 5.93. The van der Waals surface area contributed by atoms with Crippen molar-refractivity contribution in [1.82, 2.24) is 5.32 Å². The summed E-state index contributed by atoms with van der Waals surface area (Å²) in [6.45, 7) is 5.07. The molecule has 0 saturated heterocycles. The minimum absolute atomic E-state index is 0.308. The van der Waals surface area contributed by atoms with Gasteiger partial charge in [0.1, 0.15) is 0 Å². The van der Waals surface area contributed by atoms with Crippen LogP contribution in [0.1, 0.15) is 61.3 Å². The van der Waals surface area contributed by atoms with Crippen LogP contribution in [0.15, 0.2) is 18.2 Å². The summed E-state index contributed by atoms with van der Waals surface area (Å²) in [5, 5.41) is 3.80. The highest BCUT2D eigenvalue weighted by Crippen LogP contribution is 2.23. The van der Waals surface area contributed by atoms with Gasteiger partial charge in [-0.1, -0.05) is 43.9 Å². The van der Waals surface area contributed by atoms with Gasteiger partial charge in [0.15, 0.2) is 0 Å². The average Bonchev–Trinajstić information content (AvgIpc) is 2.68. The highest BCUT2D eigenvalue weighted by Gasteiger charge is 2.18. The molecule has 1 unspecified atom stereocenters. The first-order valence-electron chi connectivity index (χ1n) is 7.74. The number of aryl methyl sites for hydroxylation is 1. The summed E-state index contributed by atoms with van der Waals surface area (Å²) in [4.78, 5) is 0. The quantitative estimate of drug-likeness (QED) is 0.812. The van der Waals surface area contributed by atoms with E-state index >= 15 is 0 Å². The number of nitrogens with one attached hydrogen (secondary N) is 1. The van der Waals surface area contributed by atoms with Crippen LogP contribution < -0.4 is 11.1 Å². The van der Waals surface area contributed by atoms with Gasteiger partial charge in [-0.3, -0.25) is 0 Å². The third-order valence-corrected chi connectivity index (χ3v) is 4.55. The lowest BCUT2D eigenvalue weighted by atomic mass is 9.96. The van der Waals surface area contributed by atoms with Gasteiger partial charge >= 0.3 is 0 Å². The Morgan fingerprint density at radius 2 is 1.84 bits per heavy atom. The zero-order chi connectivity index (χ0) is 13.7. The molecule has 106 valence electrons. The van der Waals surface area contributed by atoms with E-state index in [1.165, 1.54) is 55.2 Å². The molecule has 0 aliphatic heterocycles. The van der Waals surface area contributed by atoms with Crippen LogP contribution >= 0.6 is 0 Å². The van der Waals surface area contributed by atoms with Crippen LogP contribution in [0.3, 0.4) is 0 Å².